The normalized spacial score (nSPS) is 11.5. The van der Waals surface area contributed by atoms with E-state index >= 15 is 0 Å². The molecule has 1 rings (SSSR count). The average Bonchev–Trinajstić information content (AvgIpc) is 2.40. The second-order valence-electron chi connectivity index (χ2n) is 4.00. The summed E-state index contributed by atoms with van der Waals surface area (Å²) in [5.41, 5.74) is 0.301. The number of carbonyl (C=O) groups is 3. The number of carbonyl (C=O) groups excluding carboxylic acids is 3. The minimum absolute atomic E-state index is 0.0488. The van der Waals surface area contributed by atoms with Crippen LogP contribution in [0.3, 0.4) is 0 Å². The van der Waals surface area contributed by atoms with Crippen LogP contribution < -0.4 is 0 Å². The van der Waals surface area contributed by atoms with Gasteiger partial charge >= 0.3 is 5.97 Å². The molecule has 0 aliphatic rings. The summed E-state index contributed by atoms with van der Waals surface area (Å²) in [6.07, 6.45) is 0. The van der Waals surface area contributed by atoms with Gasteiger partial charge in [-0.3, -0.25) is 14.4 Å². The van der Waals surface area contributed by atoms with Gasteiger partial charge in [-0.15, -0.1) is 0 Å². The fourth-order valence-corrected chi connectivity index (χ4v) is 1.61. The first-order valence-electron chi connectivity index (χ1n) is 5.94. The molecule has 0 saturated heterocycles. The summed E-state index contributed by atoms with van der Waals surface area (Å²) in [6, 6.07) is 8.30. The van der Waals surface area contributed by atoms with Crippen molar-refractivity contribution in [3.63, 3.8) is 0 Å². The first kappa shape index (κ1) is 14.8. The van der Waals surface area contributed by atoms with Crippen LogP contribution in [0, 0.1) is 5.92 Å². The highest BCUT2D eigenvalue weighted by Crippen LogP contribution is 2.19. The van der Waals surface area contributed by atoms with E-state index in [4.69, 9.17) is 4.74 Å². The lowest BCUT2D eigenvalue weighted by Gasteiger charge is -2.15. The lowest BCUT2D eigenvalue weighted by atomic mass is 9.89. The van der Waals surface area contributed by atoms with Crippen LogP contribution in [0.15, 0.2) is 42.5 Å². The zero-order valence-electron chi connectivity index (χ0n) is 11.0. The molecule has 0 aliphatic carbocycles. The van der Waals surface area contributed by atoms with Gasteiger partial charge in [0.25, 0.3) is 0 Å². The van der Waals surface area contributed by atoms with Crippen molar-refractivity contribution in [1.82, 2.24) is 0 Å². The Hall–Kier alpha value is -2.23. The Balaban J connectivity index is 3.10. The number of ether oxygens (including phenoxy) is 1. The Bertz CT molecular complexity index is 502. The zero-order valence-corrected chi connectivity index (χ0v) is 11.0. The smallest absolute Gasteiger partial charge is 0.321 e. The number of hydrogen-bond donors (Lipinski definition) is 0. The van der Waals surface area contributed by atoms with Crippen LogP contribution in [0.2, 0.25) is 0 Å². The molecule has 0 radical (unpaired) electrons. The molecule has 0 spiro atoms. The number of esters is 1. The largest absolute Gasteiger partial charge is 0.465 e. The minimum Gasteiger partial charge on any atom is -0.465 e. The van der Waals surface area contributed by atoms with Crippen LogP contribution in [0.1, 0.15) is 24.2 Å². The van der Waals surface area contributed by atoms with E-state index in [0.29, 0.717) is 5.56 Å². The van der Waals surface area contributed by atoms with E-state index in [1.165, 1.54) is 6.92 Å². The van der Waals surface area contributed by atoms with E-state index in [2.05, 4.69) is 6.58 Å². The summed E-state index contributed by atoms with van der Waals surface area (Å²) in [7, 11) is 0. The number of Topliss-reactive ketones (excluding diaryl/α,β-unsaturated/α-hetero) is 2. The third kappa shape index (κ3) is 3.61. The van der Waals surface area contributed by atoms with E-state index in [1.807, 2.05) is 0 Å². The van der Waals surface area contributed by atoms with Crippen molar-refractivity contribution in [3.8, 4) is 0 Å². The van der Waals surface area contributed by atoms with Gasteiger partial charge in [0, 0.05) is 11.1 Å². The molecular formula is C15H16O4. The van der Waals surface area contributed by atoms with Gasteiger partial charge < -0.3 is 4.74 Å². The van der Waals surface area contributed by atoms with Crippen molar-refractivity contribution < 1.29 is 19.1 Å². The van der Waals surface area contributed by atoms with Crippen LogP contribution in [-0.2, 0) is 14.3 Å². The molecule has 0 bridgehead atoms. The fourth-order valence-electron chi connectivity index (χ4n) is 1.61. The predicted octanol–water partition coefficient (Wildman–Crippen LogP) is 2.19. The Morgan fingerprint density at radius 1 is 1.21 bits per heavy atom. The molecular weight excluding hydrogens is 244 g/mol. The summed E-state index contributed by atoms with van der Waals surface area (Å²) >= 11 is 0. The quantitative estimate of drug-likeness (QED) is 0.340. The molecule has 0 aromatic heterocycles. The molecule has 0 saturated carbocycles. The fraction of sp³-hybridized carbons (Fsp3) is 0.267. The molecule has 1 aromatic rings. The van der Waals surface area contributed by atoms with Crippen molar-refractivity contribution in [1.29, 1.82) is 0 Å². The average molecular weight is 260 g/mol. The SMILES string of the molecule is C=C(C(C)=O)C(C(=O)OCC)C(=O)c1ccccc1. The lowest BCUT2D eigenvalue weighted by molar-refractivity contribution is -0.145. The van der Waals surface area contributed by atoms with Crippen molar-refractivity contribution in [2.24, 2.45) is 5.92 Å². The standard InChI is InChI=1S/C15H16O4/c1-4-19-15(18)13(10(2)11(3)16)14(17)12-8-6-5-7-9-12/h5-9,13H,2,4H2,1,3H3. The highest BCUT2D eigenvalue weighted by Gasteiger charge is 2.33. The second-order valence-corrected chi connectivity index (χ2v) is 4.00. The van der Waals surface area contributed by atoms with Gasteiger partial charge in [-0.2, -0.15) is 0 Å². The minimum atomic E-state index is -1.26. The summed E-state index contributed by atoms with van der Waals surface area (Å²) in [4.78, 5) is 35.5. The Labute approximate surface area is 112 Å². The third-order valence-corrected chi connectivity index (χ3v) is 2.64. The molecule has 0 heterocycles. The molecule has 1 unspecified atom stereocenters. The van der Waals surface area contributed by atoms with E-state index in [-0.39, 0.29) is 12.2 Å². The lowest BCUT2D eigenvalue weighted by Crippen LogP contribution is -2.30. The molecule has 1 aromatic carbocycles. The number of rotatable bonds is 6. The monoisotopic (exact) mass is 260 g/mol. The molecule has 0 N–H and O–H groups in total. The Morgan fingerprint density at radius 3 is 2.26 bits per heavy atom. The van der Waals surface area contributed by atoms with E-state index in [1.54, 1.807) is 37.3 Å². The zero-order chi connectivity index (χ0) is 14.4. The Kier molecular flexibility index (Phi) is 5.18. The molecule has 4 nitrogen and oxygen atoms in total. The van der Waals surface area contributed by atoms with Gasteiger partial charge in [-0.25, -0.2) is 0 Å². The highest BCUT2D eigenvalue weighted by atomic mass is 16.5. The van der Waals surface area contributed by atoms with Crippen LogP contribution in [0.25, 0.3) is 0 Å². The molecule has 0 fully saturated rings. The molecule has 1 atom stereocenters. The first-order chi connectivity index (χ1) is 8.99. The van der Waals surface area contributed by atoms with Crippen molar-refractivity contribution in [2.75, 3.05) is 6.61 Å². The van der Waals surface area contributed by atoms with E-state index in [9.17, 15) is 14.4 Å². The van der Waals surface area contributed by atoms with Gasteiger partial charge in [-0.05, 0) is 13.8 Å². The van der Waals surface area contributed by atoms with Gasteiger partial charge in [0.1, 0.15) is 5.92 Å². The van der Waals surface area contributed by atoms with Crippen molar-refractivity contribution in [3.05, 3.63) is 48.0 Å². The topological polar surface area (TPSA) is 60.4 Å². The van der Waals surface area contributed by atoms with Crippen LogP contribution >= 0.6 is 0 Å². The molecule has 0 aliphatic heterocycles. The van der Waals surface area contributed by atoms with Crippen molar-refractivity contribution >= 4 is 17.5 Å². The van der Waals surface area contributed by atoms with E-state index < -0.39 is 23.5 Å². The number of benzene rings is 1. The summed E-state index contributed by atoms with van der Waals surface area (Å²) < 4.78 is 4.85. The van der Waals surface area contributed by atoms with Crippen LogP contribution in [0.4, 0.5) is 0 Å². The maximum Gasteiger partial charge on any atom is 0.321 e. The predicted molar refractivity (Wildman–Crippen MR) is 70.7 cm³/mol. The maximum absolute atomic E-state index is 12.3. The summed E-state index contributed by atoms with van der Waals surface area (Å²) in [5.74, 6) is -2.88. The first-order valence-corrected chi connectivity index (χ1v) is 5.94. The van der Waals surface area contributed by atoms with Gasteiger partial charge in [0.15, 0.2) is 11.6 Å². The molecule has 4 heteroatoms. The van der Waals surface area contributed by atoms with E-state index in [0.717, 1.165) is 0 Å². The summed E-state index contributed by atoms with van der Waals surface area (Å²) in [5, 5.41) is 0. The molecule has 19 heavy (non-hydrogen) atoms. The number of ketones is 2. The van der Waals surface area contributed by atoms with Crippen molar-refractivity contribution in [2.45, 2.75) is 13.8 Å². The van der Waals surface area contributed by atoms with Gasteiger partial charge in [0.05, 0.1) is 6.61 Å². The van der Waals surface area contributed by atoms with Crippen LogP contribution in [0.5, 0.6) is 0 Å². The molecule has 0 amide bonds. The van der Waals surface area contributed by atoms with Gasteiger partial charge in [0.2, 0.25) is 0 Å². The third-order valence-electron chi connectivity index (χ3n) is 2.64. The maximum atomic E-state index is 12.3. The Morgan fingerprint density at radius 2 is 1.79 bits per heavy atom. The second kappa shape index (κ2) is 6.64. The number of hydrogen-bond acceptors (Lipinski definition) is 4. The van der Waals surface area contributed by atoms with Gasteiger partial charge in [-0.1, -0.05) is 36.9 Å². The molecule has 100 valence electrons. The highest BCUT2D eigenvalue weighted by molar-refractivity contribution is 6.16. The summed E-state index contributed by atoms with van der Waals surface area (Å²) in [6.45, 7) is 6.58. The van der Waals surface area contributed by atoms with Crippen LogP contribution in [-0.4, -0.2) is 24.1 Å².